The van der Waals surface area contributed by atoms with E-state index >= 15 is 0 Å². The van der Waals surface area contributed by atoms with Crippen molar-refractivity contribution in [2.45, 2.75) is 6.42 Å². The lowest BCUT2D eigenvalue weighted by atomic mass is 10.1. The van der Waals surface area contributed by atoms with E-state index in [4.69, 9.17) is 4.74 Å². The Morgan fingerprint density at radius 1 is 1.21 bits per heavy atom. The third kappa shape index (κ3) is 3.08. The molecule has 4 nitrogen and oxygen atoms in total. The van der Waals surface area contributed by atoms with E-state index in [-0.39, 0.29) is 5.82 Å². The fraction of sp³-hybridized carbons (Fsp3) is 0.385. The SMILES string of the molecule is Fc1ccc(Cc2nsc(N3CCOCC3)n2)cc1. The number of morpholine rings is 1. The Balaban J connectivity index is 1.68. The number of benzene rings is 1. The van der Waals surface area contributed by atoms with Crippen LogP contribution in [0.1, 0.15) is 11.4 Å². The number of anilines is 1. The van der Waals surface area contributed by atoms with E-state index in [0.717, 1.165) is 42.8 Å². The van der Waals surface area contributed by atoms with E-state index < -0.39 is 0 Å². The molecule has 2 heterocycles. The van der Waals surface area contributed by atoms with Crippen LogP contribution in [0.3, 0.4) is 0 Å². The lowest BCUT2D eigenvalue weighted by molar-refractivity contribution is 0.122. The first kappa shape index (κ1) is 12.5. The molecule has 3 rings (SSSR count). The number of hydrogen-bond acceptors (Lipinski definition) is 5. The van der Waals surface area contributed by atoms with Gasteiger partial charge in [0.05, 0.1) is 13.2 Å². The van der Waals surface area contributed by atoms with Gasteiger partial charge in [-0.1, -0.05) is 12.1 Å². The van der Waals surface area contributed by atoms with Crippen molar-refractivity contribution in [3.63, 3.8) is 0 Å². The predicted molar refractivity (Wildman–Crippen MR) is 72.1 cm³/mol. The van der Waals surface area contributed by atoms with Gasteiger partial charge in [0, 0.05) is 31.0 Å². The van der Waals surface area contributed by atoms with E-state index in [0.29, 0.717) is 6.42 Å². The van der Waals surface area contributed by atoms with E-state index in [9.17, 15) is 4.39 Å². The molecule has 0 atom stereocenters. The summed E-state index contributed by atoms with van der Waals surface area (Å²) in [5.41, 5.74) is 1.02. The molecule has 0 spiro atoms. The second-order valence-corrected chi connectivity index (χ2v) is 5.13. The molecule has 0 radical (unpaired) electrons. The van der Waals surface area contributed by atoms with E-state index in [1.807, 2.05) is 0 Å². The molecule has 0 unspecified atom stereocenters. The van der Waals surface area contributed by atoms with Crippen molar-refractivity contribution in [1.29, 1.82) is 0 Å². The van der Waals surface area contributed by atoms with Gasteiger partial charge in [-0.3, -0.25) is 0 Å². The average molecular weight is 279 g/mol. The summed E-state index contributed by atoms with van der Waals surface area (Å²) in [4.78, 5) is 6.73. The molecule has 0 amide bonds. The standard InChI is InChI=1S/C13H14FN3OS/c14-11-3-1-10(2-4-11)9-12-15-13(19-16-12)17-5-7-18-8-6-17/h1-4H,5-9H2. The van der Waals surface area contributed by atoms with E-state index in [2.05, 4.69) is 14.3 Å². The van der Waals surface area contributed by atoms with Crippen molar-refractivity contribution in [2.24, 2.45) is 0 Å². The highest BCUT2D eigenvalue weighted by molar-refractivity contribution is 7.09. The highest BCUT2D eigenvalue weighted by atomic mass is 32.1. The molecule has 0 bridgehead atoms. The summed E-state index contributed by atoms with van der Waals surface area (Å²) in [6.07, 6.45) is 0.640. The van der Waals surface area contributed by atoms with Gasteiger partial charge in [-0.2, -0.15) is 4.37 Å². The number of hydrogen-bond donors (Lipinski definition) is 0. The van der Waals surface area contributed by atoms with Crippen molar-refractivity contribution in [3.8, 4) is 0 Å². The summed E-state index contributed by atoms with van der Waals surface area (Å²) < 4.78 is 22.5. The number of nitrogens with zero attached hydrogens (tertiary/aromatic N) is 3. The lowest BCUT2D eigenvalue weighted by Crippen LogP contribution is -2.36. The van der Waals surface area contributed by atoms with Gasteiger partial charge < -0.3 is 9.64 Å². The highest BCUT2D eigenvalue weighted by Crippen LogP contribution is 2.19. The Hall–Kier alpha value is -1.53. The van der Waals surface area contributed by atoms with Gasteiger partial charge in [0.25, 0.3) is 0 Å². The Morgan fingerprint density at radius 3 is 2.68 bits per heavy atom. The molecule has 1 aliphatic heterocycles. The van der Waals surface area contributed by atoms with Crippen LogP contribution >= 0.6 is 11.5 Å². The first-order valence-corrected chi connectivity index (χ1v) is 6.98. The summed E-state index contributed by atoms with van der Waals surface area (Å²) in [5.74, 6) is 0.571. The molecule has 0 N–H and O–H groups in total. The Labute approximate surface area is 115 Å². The van der Waals surface area contributed by atoms with Crippen LogP contribution in [0, 0.1) is 5.82 Å². The summed E-state index contributed by atoms with van der Waals surface area (Å²) in [7, 11) is 0. The van der Waals surface area contributed by atoms with E-state index in [1.165, 1.54) is 23.7 Å². The number of rotatable bonds is 3. The van der Waals surface area contributed by atoms with Gasteiger partial charge in [0.2, 0.25) is 5.13 Å². The average Bonchev–Trinajstić information content (AvgIpc) is 2.91. The Morgan fingerprint density at radius 2 is 1.95 bits per heavy atom. The molecule has 6 heteroatoms. The zero-order valence-corrected chi connectivity index (χ0v) is 11.2. The van der Waals surface area contributed by atoms with Crippen LogP contribution in [0.25, 0.3) is 0 Å². The third-order valence-corrected chi connectivity index (χ3v) is 3.83. The summed E-state index contributed by atoms with van der Waals surface area (Å²) in [6, 6.07) is 6.46. The molecular weight excluding hydrogens is 265 g/mol. The largest absolute Gasteiger partial charge is 0.378 e. The van der Waals surface area contributed by atoms with Gasteiger partial charge in [0.15, 0.2) is 0 Å². The molecule has 0 saturated carbocycles. The number of halogens is 1. The number of aromatic nitrogens is 2. The normalized spacial score (nSPS) is 15.7. The minimum absolute atomic E-state index is 0.219. The van der Waals surface area contributed by atoms with Crippen molar-refractivity contribution >= 4 is 16.7 Å². The molecule has 0 aliphatic carbocycles. The molecule has 2 aromatic rings. The molecule has 1 saturated heterocycles. The summed E-state index contributed by atoms with van der Waals surface area (Å²) in [5, 5.41) is 0.945. The van der Waals surface area contributed by atoms with Gasteiger partial charge in [-0.25, -0.2) is 9.37 Å². The van der Waals surface area contributed by atoms with E-state index in [1.54, 1.807) is 12.1 Å². The van der Waals surface area contributed by atoms with Gasteiger partial charge in [-0.15, -0.1) is 0 Å². The maximum Gasteiger partial charge on any atom is 0.205 e. The van der Waals surface area contributed by atoms with Gasteiger partial charge in [-0.05, 0) is 17.7 Å². The van der Waals surface area contributed by atoms with Crippen molar-refractivity contribution in [2.75, 3.05) is 31.2 Å². The van der Waals surface area contributed by atoms with Crippen LogP contribution in [0.2, 0.25) is 0 Å². The molecule has 100 valence electrons. The minimum Gasteiger partial charge on any atom is -0.378 e. The predicted octanol–water partition coefficient (Wildman–Crippen LogP) is 2.10. The summed E-state index contributed by atoms with van der Waals surface area (Å²) in [6.45, 7) is 3.22. The van der Waals surface area contributed by atoms with Gasteiger partial charge >= 0.3 is 0 Å². The van der Waals surface area contributed by atoms with Crippen LogP contribution in [0.5, 0.6) is 0 Å². The fourth-order valence-electron chi connectivity index (χ4n) is 1.98. The van der Waals surface area contributed by atoms with Crippen LogP contribution in [0.4, 0.5) is 9.52 Å². The number of ether oxygens (including phenoxy) is 1. The minimum atomic E-state index is -0.219. The molecule has 19 heavy (non-hydrogen) atoms. The van der Waals surface area contributed by atoms with Crippen LogP contribution in [-0.2, 0) is 11.2 Å². The van der Waals surface area contributed by atoms with Crippen LogP contribution < -0.4 is 4.90 Å². The fourth-order valence-corrected chi connectivity index (χ4v) is 2.72. The Kier molecular flexibility index (Phi) is 3.70. The molecule has 1 aromatic heterocycles. The van der Waals surface area contributed by atoms with Crippen molar-refractivity contribution in [1.82, 2.24) is 9.36 Å². The van der Waals surface area contributed by atoms with Crippen molar-refractivity contribution < 1.29 is 9.13 Å². The molecule has 1 fully saturated rings. The monoisotopic (exact) mass is 279 g/mol. The molecular formula is C13H14FN3OS. The highest BCUT2D eigenvalue weighted by Gasteiger charge is 2.15. The van der Waals surface area contributed by atoms with Gasteiger partial charge in [0.1, 0.15) is 11.6 Å². The first-order chi connectivity index (χ1) is 9.31. The Bertz CT molecular complexity index is 537. The maximum atomic E-state index is 12.8. The zero-order chi connectivity index (χ0) is 13.1. The quantitative estimate of drug-likeness (QED) is 0.862. The second kappa shape index (κ2) is 5.63. The lowest BCUT2D eigenvalue weighted by Gasteiger charge is -2.25. The maximum absolute atomic E-state index is 12.8. The molecule has 1 aliphatic rings. The zero-order valence-electron chi connectivity index (χ0n) is 10.4. The molecule has 1 aromatic carbocycles. The first-order valence-electron chi connectivity index (χ1n) is 6.21. The van der Waals surface area contributed by atoms with Crippen LogP contribution in [0.15, 0.2) is 24.3 Å². The van der Waals surface area contributed by atoms with Crippen LogP contribution in [-0.4, -0.2) is 35.7 Å². The topological polar surface area (TPSA) is 38.2 Å². The smallest absolute Gasteiger partial charge is 0.205 e. The summed E-state index contributed by atoms with van der Waals surface area (Å²) >= 11 is 1.41. The second-order valence-electron chi connectivity index (χ2n) is 4.40. The third-order valence-electron chi connectivity index (χ3n) is 3.01. The van der Waals surface area contributed by atoms with Crippen molar-refractivity contribution in [3.05, 3.63) is 41.5 Å².